The van der Waals surface area contributed by atoms with Crippen LogP contribution in [0.2, 0.25) is 0 Å². The van der Waals surface area contributed by atoms with Crippen molar-refractivity contribution in [3.63, 3.8) is 0 Å². The molecule has 0 atom stereocenters. The number of benzene rings is 3. The van der Waals surface area contributed by atoms with Gasteiger partial charge in [-0.25, -0.2) is 15.0 Å². The molecule has 0 saturated carbocycles. The van der Waals surface area contributed by atoms with Crippen molar-refractivity contribution < 1.29 is 9.47 Å². The van der Waals surface area contributed by atoms with E-state index in [0.29, 0.717) is 11.6 Å². The Morgan fingerprint density at radius 2 is 1.85 bits per heavy atom. The summed E-state index contributed by atoms with van der Waals surface area (Å²) in [6, 6.07) is 21.5. The first kappa shape index (κ1) is 21.2. The molecule has 0 saturated heterocycles. The number of fused-ring (bicyclic) bond motifs is 2. The van der Waals surface area contributed by atoms with Crippen LogP contribution in [0.5, 0.6) is 17.2 Å². The summed E-state index contributed by atoms with van der Waals surface area (Å²) < 4.78 is 11.8. The van der Waals surface area contributed by atoms with E-state index in [0.717, 1.165) is 50.2 Å². The molecule has 0 aliphatic rings. The van der Waals surface area contributed by atoms with E-state index < -0.39 is 0 Å². The summed E-state index contributed by atoms with van der Waals surface area (Å²) in [5, 5.41) is 5.27. The van der Waals surface area contributed by atoms with Gasteiger partial charge in [-0.15, -0.1) is 6.42 Å². The molecule has 0 aliphatic carbocycles. The Kier molecular flexibility index (Phi) is 5.67. The van der Waals surface area contributed by atoms with Gasteiger partial charge in [-0.3, -0.25) is 0 Å². The summed E-state index contributed by atoms with van der Waals surface area (Å²) >= 11 is 0. The molecule has 6 heteroatoms. The van der Waals surface area contributed by atoms with E-state index in [1.807, 2.05) is 74.5 Å². The number of para-hydroxylation sites is 1. The van der Waals surface area contributed by atoms with Crippen molar-refractivity contribution in [1.29, 1.82) is 0 Å². The molecule has 6 nitrogen and oxygen atoms in total. The average Bonchev–Trinajstić information content (AvgIpc) is 2.85. The quantitative estimate of drug-likeness (QED) is 0.307. The molecule has 0 unspecified atom stereocenters. The molecule has 3 aromatic carbocycles. The van der Waals surface area contributed by atoms with Gasteiger partial charge < -0.3 is 14.8 Å². The Hall–Kier alpha value is -4.63. The van der Waals surface area contributed by atoms with Gasteiger partial charge >= 0.3 is 0 Å². The van der Waals surface area contributed by atoms with Crippen molar-refractivity contribution in [2.45, 2.75) is 13.8 Å². The van der Waals surface area contributed by atoms with Crippen LogP contribution in [0.25, 0.3) is 21.8 Å². The summed E-state index contributed by atoms with van der Waals surface area (Å²) in [6.07, 6.45) is 6.84. The van der Waals surface area contributed by atoms with Crippen molar-refractivity contribution in [2.75, 3.05) is 11.9 Å². The van der Waals surface area contributed by atoms with Crippen molar-refractivity contribution >= 4 is 33.3 Å². The van der Waals surface area contributed by atoms with Crippen LogP contribution in [0.1, 0.15) is 11.3 Å². The van der Waals surface area contributed by atoms with Crippen LogP contribution in [0.4, 0.5) is 11.5 Å². The second-order valence-corrected chi connectivity index (χ2v) is 7.88. The zero-order valence-electron chi connectivity index (χ0n) is 18.9. The predicted octanol–water partition coefficient (Wildman–Crippen LogP) is 6.34. The van der Waals surface area contributed by atoms with E-state index >= 15 is 0 Å². The lowest BCUT2D eigenvalue weighted by atomic mass is 10.1. The summed E-state index contributed by atoms with van der Waals surface area (Å²) in [5.41, 5.74) is 4.46. The molecule has 5 aromatic rings. The van der Waals surface area contributed by atoms with Crippen LogP contribution in [-0.2, 0) is 0 Å². The van der Waals surface area contributed by atoms with E-state index in [-0.39, 0.29) is 6.61 Å². The van der Waals surface area contributed by atoms with Crippen LogP contribution < -0.4 is 14.8 Å². The van der Waals surface area contributed by atoms with Crippen LogP contribution in [0.3, 0.4) is 0 Å². The van der Waals surface area contributed by atoms with Gasteiger partial charge in [0.05, 0.1) is 5.52 Å². The first-order valence-corrected chi connectivity index (χ1v) is 10.8. The van der Waals surface area contributed by atoms with Gasteiger partial charge in [0, 0.05) is 22.2 Å². The van der Waals surface area contributed by atoms with Gasteiger partial charge in [0.15, 0.2) is 5.75 Å². The second-order valence-electron chi connectivity index (χ2n) is 7.88. The molecular formula is C28H22N4O2. The molecule has 0 aliphatic heterocycles. The van der Waals surface area contributed by atoms with E-state index in [1.54, 1.807) is 0 Å². The van der Waals surface area contributed by atoms with Crippen LogP contribution in [-0.4, -0.2) is 21.6 Å². The zero-order chi connectivity index (χ0) is 23.5. The van der Waals surface area contributed by atoms with E-state index in [2.05, 4.69) is 32.3 Å². The fraction of sp³-hybridized carbons (Fsp3) is 0.107. The third-order valence-electron chi connectivity index (χ3n) is 5.41. The predicted molar refractivity (Wildman–Crippen MR) is 135 cm³/mol. The van der Waals surface area contributed by atoms with Gasteiger partial charge in [-0.2, -0.15) is 0 Å². The Balaban J connectivity index is 1.42. The molecule has 0 radical (unpaired) electrons. The maximum absolute atomic E-state index is 6.26. The third-order valence-corrected chi connectivity index (χ3v) is 5.41. The number of nitrogens with zero attached hydrogens (tertiary/aromatic N) is 3. The minimum atomic E-state index is 0.203. The lowest BCUT2D eigenvalue weighted by Crippen LogP contribution is -1.98. The molecule has 1 N–H and O–H groups in total. The highest BCUT2D eigenvalue weighted by molar-refractivity contribution is 5.91. The number of aryl methyl sites for hydroxylation is 2. The van der Waals surface area contributed by atoms with Gasteiger partial charge in [0.2, 0.25) is 0 Å². The number of hydrogen-bond acceptors (Lipinski definition) is 6. The molecule has 2 aromatic heterocycles. The largest absolute Gasteiger partial charge is 0.481 e. The van der Waals surface area contributed by atoms with Crippen LogP contribution in [0.15, 0.2) is 73.1 Å². The maximum atomic E-state index is 6.26. The fourth-order valence-electron chi connectivity index (χ4n) is 3.75. The average molecular weight is 447 g/mol. The first-order chi connectivity index (χ1) is 16.6. The maximum Gasteiger partial charge on any atom is 0.153 e. The smallest absolute Gasteiger partial charge is 0.153 e. The molecule has 0 spiro atoms. The second kappa shape index (κ2) is 9.08. The van der Waals surface area contributed by atoms with Crippen molar-refractivity contribution in [1.82, 2.24) is 15.0 Å². The minimum Gasteiger partial charge on any atom is -0.481 e. The highest BCUT2D eigenvalue weighted by atomic mass is 16.5. The molecule has 34 heavy (non-hydrogen) atoms. The Bertz CT molecular complexity index is 1560. The summed E-state index contributed by atoms with van der Waals surface area (Å²) in [7, 11) is 0. The molecule has 0 amide bonds. The molecule has 2 heterocycles. The molecular weight excluding hydrogens is 424 g/mol. The summed E-state index contributed by atoms with van der Waals surface area (Å²) in [6.45, 7) is 4.19. The zero-order valence-corrected chi connectivity index (χ0v) is 18.9. The highest BCUT2D eigenvalue weighted by Crippen LogP contribution is 2.33. The normalized spacial score (nSPS) is 10.7. The Labute approximate surface area is 197 Å². The molecule has 0 bridgehead atoms. The molecule has 166 valence electrons. The third kappa shape index (κ3) is 4.32. The van der Waals surface area contributed by atoms with Gasteiger partial charge in [0.25, 0.3) is 0 Å². The monoisotopic (exact) mass is 446 g/mol. The van der Waals surface area contributed by atoms with E-state index in [4.69, 9.17) is 15.9 Å². The van der Waals surface area contributed by atoms with E-state index in [1.165, 1.54) is 6.33 Å². The van der Waals surface area contributed by atoms with Crippen LogP contribution in [0, 0.1) is 26.2 Å². The SMILES string of the molecule is C#CCOc1ccc2ncnc(Nc3ccc(Oc4cccc5ccc(C)nc45)c(C)c3)c2c1. The van der Waals surface area contributed by atoms with Gasteiger partial charge in [-0.1, -0.05) is 24.1 Å². The number of aromatic nitrogens is 3. The van der Waals surface area contributed by atoms with Crippen molar-refractivity contribution in [3.8, 4) is 29.6 Å². The number of pyridine rings is 1. The summed E-state index contributed by atoms with van der Waals surface area (Å²) in [5.74, 6) is 5.31. The number of terminal acetylenes is 1. The topological polar surface area (TPSA) is 69.2 Å². The number of ether oxygens (including phenoxy) is 2. The lowest BCUT2D eigenvalue weighted by molar-refractivity contribution is 0.371. The van der Waals surface area contributed by atoms with Gasteiger partial charge in [0.1, 0.15) is 35.8 Å². The number of anilines is 2. The number of hydrogen-bond donors (Lipinski definition) is 1. The van der Waals surface area contributed by atoms with Crippen LogP contribution >= 0.6 is 0 Å². The fourth-order valence-corrected chi connectivity index (χ4v) is 3.75. The Morgan fingerprint density at radius 1 is 0.941 bits per heavy atom. The van der Waals surface area contributed by atoms with Gasteiger partial charge in [-0.05, 0) is 67.9 Å². The highest BCUT2D eigenvalue weighted by Gasteiger charge is 2.10. The van der Waals surface area contributed by atoms with E-state index in [9.17, 15) is 0 Å². The van der Waals surface area contributed by atoms with Crippen molar-refractivity contribution in [2.24, 2.45) is 0 Å². The number of nitrogens with one attached hydrogen (secondary N) is 1. The molecule has 5 rings (SSSR count). The van der Waals surface area contributed by atoms with Crippen molar-refractivity contribution in [3.05, 3.63) is 84.3 Å². The standard InChI is InChI=1S/C28H22N4O2/c1-4-14-33-22-11-12-24-23(16-22)28(30-17-29-24)32-21-10-13-25(18(2)15-21)34-26-7-5-6-20-9-8-19(3)31-27(20)26/h1,5-13,15-17H,14H2,2-3H3,(H,29,30,32). The lowest BCUT2D eigenvalue weighted by Gasteiger charge is -2.14. The molecule has 0 fully saturated rings. The summed E-state index contributed by atoms with van der Waals surface area (Å²) in [4.78, 5) is 13.4. The number of rotatable bonds is 6. The first-order valence-electron chi connectivity index (χ1n) is 10.8. The minimum absolute atomic E-state index is 0.203. The Morgan fingerprint density at radius 3 is 2.71 bits per heavy atom.